The Kier molecular flexibility index (Phi) is 3.72. The van der Waals surface area contributed by atoms with Gasteiger partial charge in [-0.1, -0.05) is 6.92 Å². The highest BCUT2D eigenvalue weighted by atomic mass is 16.2. The smallest absolute Gasteiger partial charge is 0.219 e. The average Bonchev–Trinajstić information content (AvgIpc) is 2.56. The molecule has 3 heteroatoms. The van der Waals surface area contributed by atoms with E-state index in [-0.39, 0.29) is 5.91 Å². The molecule has 1 amide bonds. The third-order valence-corrected chi connectivity index (χ3v) is 3.05. The first-order valence-electron chi connectivity index (χ1n) is 5.11. The molecule has 76 valence electrons. The third-order valence-electron chi connectivity index (χ3n) is 3.05. The van der Waals surface area contributed by atoms with Crippen molar-refractivity contribution in [3.63, 3.8) is 0 Å². The van der Waals surface area contributed by atoms with Crippen LogP contribution < -0.4 is 5.32 Å². The van der Waals surface area contributed by atoms with Crippen molar-refractivity contribution in [2.75, 3.05) is 20.1 Å². The van der Waals surface area contributed by atoms with E-state index in [0.29, 0.717) is 12.0 Å². The zero-order chi connectivity index (χ0) is 9.84. The highest BCUT2D eigenvalue weighted by molar-refractivity contribution is 5.73. The number of rotatable bonds is 3. The van der Waals surface area contributed by atoms with Crippen molar-refractivity contribution < 1.29 is 4.79 Å². The van der Waals surface area contributed by atoms with Crippen LogP contribution in [0.4, 0.5) is 0 Å². The van der Waals surface area contributed by atoms with Crippen LogP contribution in [0.1, 0.15) is 26.7 Å². The molecule has 3 nitrogen and oxygen atoms in total. The van der Waals surface area contributed by atoms with Crippen molar-refractivity contribution in [2.24, 2.45) is 5.92 Å². The molecule has 1 saturated heterocycles. The molecule has 1 aliphatic heterocycles. The van der Waals surface area contributed by atoms with Gasteiger partial charge in [0.05, 0.1) is 0 Å². The molecule has 1 aliphatic rings. The summed E-state index contributed by atoms with van der Waals surface area (Å²) in [5, 5.41) is 3.32. The summed E-state index contributed by atoms with van der Waals surface area (Å²) < 4.78 is 0. The van der Waals surface area contributed by atoms with Gasteiger partial charge in [-0.15, -0.1) is 0 Å². The second-order valence-corrected chi connectivity index (χ2v) is 3.82. The van der Waals surface area contributed by atoms with Gasteiger partial charge in [0.15, 0.2) is 0 Å². The van der Waals surface area contributed by atoms with E-state index in [1.165, 1.54) is 0 Å². The Labute approximate surface area is 80.5 Å². The lowest BCUT2D eigenvalue weighted by Gasteiger charge is -2.21. The molecule has 0 bridgehead atoms. The zero-order valence-electron chi connectivity index (χ0n) is 8.84. The molecular formula is C10H20N2O. The monoisotopic (exact) mass is 184 g/mol. The van der Waals surface area contributed by atoms with Gasteiger partial charge in [0, 0.05) is 26.1 Å². The van der Waals surface area contributed by atoms with Gasteiger partial charge < -0.3 is 10.2 Å². The van der Waals surface area contributed by atoms with Crippen LogP contribution in [0.3, 0.4) is 0 Å². The summed E-state index contributed by atoms with van der Waals surface area (Å²) in [5.74, 6) is 0.868. The van der Waals surface area contributed by atoms with Crippen LogP contribution in [0.15, 0.2) is 0 Å². The van der Waals surface area contributed by atoms with Crippen LogP contribution in [0.25, 0.3) is 0 Å². The number of amides is 1. The maximum absolute atomic E-state index is 11.1. The van der Waals surface area contributed by atoms with Crippen LogP contribution in [-0.2, 0) is 4.79 Å². The third kappa shape index (κ3) is 2.44. The maximum Gasteiger partial charge on any atom is 0.219 e. The molecule has 1 N–H and O–H groups in total. The predicted molar refractivity (Wildman–Crippen MR) is 53.5 cm³/mol. The summed E-state index contributed by atoms with van der Waals surface area (Å²) in [7, 11) is 2.00. The van der Waals surface area contributed by atoms with Crippen molar-refractivity contribution in [3.8, 4) is 0 Å². The van der Waals surface area contributed by atoms with Gasteiger partial charge in [-0.05, 0) is 25.8 Å². The van der Waals surface area contributed by atoms with E-state index < -0.39 is 0 Å². The Morgan fingerprint density at radius 3 is 2.77 bits per heavy atom. The van der Waals surface area contributed by atoms with E-state index in [1.54, 1.807) is 6.92 Å². The van der Waals surface area contributed by atoms with E-state index in [0.717, 1.165) is 25.9 Å². The molecular weight excluding hydrogens is 164 g/mol. The Morgan fingerprint density at radius 1 is 1.69 bits per heavy atom. The number of nitrogens with zero attached hydrogens (tertiary/aromatic N) is 1. The summed E-state index contributed by atoms with van der Waals surface area (Å²) in [4.78, 5) is 13.0. The van der Waals surface area contributed by atoms with Gasteiger partial charge in [-0.25, -0.2) is 0 Å². The molecule has 1 heterocycles. The molecule has 1 rings (SSSR count). The van der Waals surface area contributed by atoms with Crippen molar-refractivity contribution in [3.05, 3.63) is 0 Å². The van der Waals surface area contributed by atoms with E-state index in [9.17, 15) is 4.79 Å². The van der Waals surface area contributed by atoms with Gasteiger partial charge in [0.1, 0.15) is 0 Å². The summed E-state index contributed by atoms with van der Waals surface area (Å²) >= 11 is 0. The minimum atomic E-state index is 0.216. The summed E-state index contributed by atoms with van der Waals surface area (Å²) in [5.41, 5.74) is 0. The number of carbonyl (C=O) groups is 1. The average molecular weight is 184 g/mol. The van der Waals surface area contributed by atoms with Gasteiger partial charge in [-0.2, -0.15) is 0 Å². The fraction of sp³-hybridized carbons (Fsp3) is 0.900. The number of carbonyl (C=O) groups excluding carboxylic acids is 1. The number of nitrogens with one attached hydrogen (secondary N) is 1. The molecule has 0 radical (unpaired) electrons. The van der Waals surface area contributed by atoms with Gasteiger partial charge in [-0.3, -0.25) is 4.79 Å². The molecule has 2 atom stereocenters. The molecule has 13 heavy (non-hydrogen) atoms. The minimum Gasteiger partial charge on any atom is -0.343 e. The summed E-state index contributed by atoms with van der Waals surface area (Å²) in [6.07, 6.45) is 2.30. The van der Waals surface area contributed by atoms with Crippen molar-refractivity contribution in [1.82, 2.24) is 10.2 Å². The summed E-state index contributed by atoms with van der Waals surface area (Å²) in [6.45, 7) is 5.73. The molecule has 1 fully saturated rings. The minimum absolute atomic E-state index is 0.216. The van der Waals surface area contributed by atoms with Crippen molar-refractivity contribution in [2.45, 2.75) is 32.7 Å². The maximum atomic E-state index is 11.1. The van der Waals surface area contributed by atoms with Gasteiger partial charge in [0.25, 0.3) is 0 Å². The van der Waals surface area contributed by atoms with E-state index >= 15 is 0 Å². The fourth-order valence-electron chi connectivity index (χ4n) is 2.17. The first kappa shape index (κ1) is 10.5. The van der Waals surface area contributed by atoms with Gasteiger partial charge in [0.2, 0.25) is 5.91 Å². The van der Waals surface area contributed by atoms with E-state index in [1.807, 2.05) is 11.9 Å². The molecule has 0 saturated carbocycles. The number of likely N-dealkylation sites (tertiary alicyclic amines) is 1. The molecule has 0 aromatic rings. The van der Waals surface area contributed by atoms with E-state index in [4.69, 9.17) is 0 Å². The molecule has 0 aromatic carbocycles. The normalized spacial score (nSPS) is 24.8. The van der Waals surface area contributed by atoms with Crippen LogP contribution in [0, 0.1) is 5.92 Å². The van der Waals surface area contributed by atoms with Crippen LogP contribution in [0.5, 0.6) is 0 Å². The first-order valence-corrected chi connectivity index (χ1v) is 5.11. The zero-order valence-corrected chi connectivity index (χ0v) is 8.84. The molecule has 0 spiro atoms. The Hall–Kier alpha value is -0.570. The molecule has 0 aromatic heterocycles. The Morgan fingerprint density at radius 2 is 2.38 bits per heavy atom. The molecule has 0 aliphatic carbocycles. The number of hydrogen-bond acceptors (Lipinski definition) is 2. The van der Waals surface area contributed by atoms with Crippen LogP contribution in [0.2, 0.25) is 0 Å². The second-order valence-electron chi connectivity index (χ2n) is 3.82. The fourth-order valence-corrected chi connectivity index (χ4v) is 2.17. The van der Waals surface area contributed by atoms with E-state index in [2.05, 4.69) is 12.2 Å². The quantitative estimate of drug-likeness (QED) is 0.705. The largest absolute Gasteiger partial charge is 0.343 e. The summed E-state index contributed by atoms with van der Waals surface area (Å²) in [6, 6.07) is 0.573. The Bertz CT molecular complexity index is 178. The lowest BCUT2D eigenvalue weighted by atomic mass is 9.97. The number of hydrogen-bond donors (Lipinski definition) is 1. The highest BCUT2D eigenvalue weighted by Crippen LogP contribution is 2.21. The van der Waals surface area contributed by atoms with Crippen molar-refractivity contribution in [1.29, 1.82) is 0 Å². The highest BCUT2D eigenvalue weighted by Gasteiger charge is 2.28. The van der Waals surface area contributed by atoms with Crippen molar-refractivity contribution >= 4 is 5.91 Å². The standard InChI is InChI=1S/C10H20N2O/c1-4-10(11-3)9-5-6-12(7-9)8(2)13/h9-11H,4-7H2,1-3H3. The lowest BCUT2D eigenvalue weighted by Crippen LogP contribution is -2.35. The molecule has 2 unspecified atom stereocenters. The van der Waals surface area contributed by atoms with Crippen LogP contribution in [-0.4, -0.2) is 37.0 Å². The predicted octanol–water partition coefficient (Wildman–Crippen LogP) is 0.853. The SMILES string of the molecule is CCC(NC)C1CCN(C(C)=O)C1. The lowest BCUT2D eigenvalue weighted by molar-refractivity contribution is -0.127. The first-order chi connectivity index (χ1) is 6.19. The van der Waals surface area contributed by atoms with Gasteiger partial charge >= 0.3 is 0 Å². The Balaban J connectivity index is 2.43. The second kappa shape index (κ2) is 4.61. The topological polar surface area (TPSA) is 32.3 Å². The van der Waals surface area contributed by atoms with Crippen LogP contribution >= 0.6 is 0 Å².